The number of halogens is 3. The summed E-state index contributed by atoms with van der Waals surface area (Å²) < 4.78 is 33.4. The third-order valence-electron chi connectivity index (χ3n) is 4.46. The molecular weight excluding hydrogens is 354 g/mol. The number of likely N-dealkylation sites (tertiary alicyclic amines) is 2. The molecule has 3 rings (SSSR count). The van der Waals surface area contributed by atoms with Crippen LogP contribution < -0.4 is 4.74 Å². The van der Waals surface area contributed by atoms with Gasteiger partial charge < -0.3 is 9.64 Å². The molecule has 1 aromatic carbocycles. The molecule has 0 aliphatic carbocycles. The zero-order valence-corrected chi connectivity index (χ0v) is 14.5. The molecule has 8 heteroatoms. The van der Waals surface area contributed by atoms with Gasteiger partial charge in [0.05, 0.1) is 12.6 Å². The maximum Gasteiger partial charge on any atom is 0.415 e. The van der Waals surface area contributed by atoms with E-state index in [-0.39, 0.29) is 24.1 Å². The molecular formula is C17H19ClF2N2O3. The van der Waals surface area contributed by atoms with Gasteiger partial charge in [-0.3, -0.25) is 9.69 Å². The third-order valence-corrected chi connectivity index (χ3v) is 4.71. The Bertz CT molecular complexity index is 668. The Morgan fingerprint density at radius 3 is 2.56 bits per heavy atom. The van der Waals surface area contributed by atoms with E-state index in [2.05, 4.69) is 0 Å². The normalized spacial score (nSPS) is 26.0. The Morgan fingerprint density at radius 1 is 1.28 bits per heavy atom. The number of carbonyl (C=O) groups is 2. The van der Waals surface area contributed by atoms with Crippen molar-refractivity contribution >= 4 is 23.6 Å². The van der Waals surface area contributed by atoms with Gasteiger partial charge in [-0.05, 0) is 30.2 Å². The van der Waals surface area contributed by atoms with E-state index in [1.165, 1.54) is 17.0 Å². The number of amides is 2. The summed E-state index contributed by atoms with van der Waals surface area (Å²) in [5.74, 6) is -2.84. The minimum atomic E-state index is -3.06. The Labute approximate surface area is 149 Å². The average Bonchev–Trinajstić information content (AvgIpc) is 2.86. The van der Waals surface area contributed by atoms with Crippen molar-refractivity contribution in [3.8, 4) is 5.75 Å². The predicted octanol–water partition coefficient (Wildman–Crippen LogP) is 3.42. The summed E-state index contributed by atoms with van der Waals surface area (Å²) in [5, 5.41) is 0.478. The highest BCUT2D eigenvalue weighted by Crippen LogP contribution is 2.32. The molecule has 2 atom stereocenters. The molecule has 0 N–H and O–H groups in total. The van der Waals surface area contributed by atoms with Crippen LogP contribution in [0.3, 0.4) is 0 Å². The Kier molecular flexibility index (Phi) is 4.86. The summed E-state index contributed by atoms with van der Waals surface area (Å²) in [6.07, 6.45) is -0.931. The van der Waals surface area contributed by atoms with Crippen LogP contribution in [-0.2, 0) is 4.79 Å². The average molecular weight is 373 g/mol. The van der Waals surface area contributed by atoms with E-state index >= 15 is 0 Å². The fourth-order valence-corrected chi connectivity index (χ4v) is 3.48. The third kappa shape index (κ3) is 4.21. The summed E-state index contributed by atoms with van der Waals surface area (Å²) in [6, 6.07) is 5.38. The second kappa shape index (κ2) is 6.78. The van der Waals surface area contributed by atoms with Crippen LogP contribution in [0.1, 0.15) is 19.8 Å². The van der Waals surface area contributed by atoms with Gasteiger partial charge >= 0.3 is 6.09 Å². The van der Waals surface area contributed by atoms with Crippen LogP contribution in [0.25, 0.3) is 0 Å². The van der Waals surface area contributed by atoms with Crippen LogP contribution in [0.4, 0.5) is 13.6 Å². The van der Waals surface area contributed by atoms with Crippen molar-refractivity contribution in [2.45, 2.75) is 31.7 Å². The molecule has 1 aromatic rings. The van der Waals surface area contributed by atoms with Crippen LogP contribution in [0.2, 0.25) is 5.02 Å². The highest BCUT2D eigenvalue weighted by atomic mass is 35.5. The van der Waals surface area contributed by atoms with E-state index in [4.69, 9.17) is 16.3 Å². The number of nitrogens with zero attached hydrogens (tertiary/aromatic N) is 2. The summed E-state index contributed by atoms with van der Waals surface area (Å²) in [4.78, 5) is 26.8. The van der Waals surface area contributed by atoms with Crippen molar-refractivity contribution in [2.24, 2.45) is 5.92 Å². The summed E-state index contributed by atoms with van der Waals surface area (Å²) >= 11 is 5.76. The van der Waals surface area contributed by atoms with Crippen LogP contribution >= 0.6 is 11.6 Å². The van der Waals surface area contributed by atoms with E-state index in [1.54, 1.807) is 12.1 Å². The molecule has 1 unspecified atom stereocenters. The lowest BCUT2D eigenvalue weighted by Crippen LogP contribution is -2.57. The number of benzene rings is 1. The Hall–Kier alpha value is -1.89. The van der Waals surface area contributed by atoms with E-state index in [1.807, 2.05) is 6.92 Å². The van der Waals surface area contributed by atoms with Crippen molar-refractivity contribution in [1.29, 1.82) is 0 Å². The monoisotopic (exact) mass is 372 g/mol. The molecule has 0 spiro atoms. The quantitative estimate of drug-likeness (QED) is 0.799. The van der Waals surface area contributed by atoms with Crippen LogP contribution in [0.15, 0.2) is 24.3 Å². The second-order valence-electron chi connectivity index (χ2n) is 6.77. The summed E-state index contributed by atoms with van der Waals surface area (Å²) in [6.45, 7) is 1.68. The highest BCUT2D eigenvalue weighted by molar-refractivity contribution is 6.30. The van der Waals surface area contributed by atoms with E-state index in [0.29, 0.717) is 18.0 Å². The number of hydrogen-bond acceptors (Lipinski definition) is 3. The topological polar surface area (TPSA) is 49.9 Å². The van der Waals surface area contributed by atoms with Crippen LogP contribution in [-0.4, -0.2) is 53.4 Å². The van der Waals surface area contributed by atoms with Crippen molar-refractivity contribution in [3.63, 3.8) is 0 Å². The molecule has 25 heavy (non-hydrogen) atoms. The van der Waals surface area contributed by atoms with Gasteiger partial charge in [0.2, 0.25) is 5.91 Å². The lowest BCUT2D eigenvalue weighted by Gasteiger charge is -2.40. The molecule has 2 heterocycles. The lowest BCUT2D eigenvalue weighted by molar-refractivity contribution is -0.135. The van der Waals surface area contributed by atoms with Gasteiger partial charge in [0.15, 0.2) is 0 Å². The Balaban J connectivity index is 1.71. The first-order valence-electron chi connectivity index (χ1n) is 8.13. The van der Waals surface area contributed by atoms with E-state index in [9.17, 15) is 18.4 Å². The molecule has 2 fully saturated rings. The van der Waals surface area contributed by atoms with Gasteiger partial charge in [0, 0.05) is 31.0 Å². The minimum absolute atomic E-state index is 0.0421. The fourth-order valence-electron chi connectivity index (χ4n) is 3.36. The van der Waals surface area contributed by atoms with Crippen molar-refractivity contribution < 1.29 is 23.1 Å². The van der Waals surface area contributed by atoms with Gasteiger partial charge in [-0.25, -0.2) is 13.6 Å². The lowest BCUT2D eigenvalue weighted by atomic mass is 10.0. The number of piperidine rings is 1. The summed E-state index contributed by atoms with van der Waals surface area (Å²) in [5.41, 5.74) is 0. The number of rotatable bonds is 2. The van der Waals surface area contributed by atoms with Crippen molar-refractivity contribution in [3.05, 3.63) is 29.3 Å². The fraction of sp³-hybridized carbons (Fsp3) is 0.529. The Morgan fingerprint density at radius 2 is 1.96 bits per heavy atom. The molecule has 0 saturated carbocycles. The van der Waals surface area contributed by atoms with Crippen LogP contribution in [0.5, 0.6) is 5.75 Å². The smallest absolute Gasteiger partial charge is 0.410 e. The minimum Gasteiger partial charge on any atom is -0.410 e. The van der Waals surface area contributed by atoms with Gasteiger partial charge in [-0.15, -0.1) is 0 Å². The first-order chi connectivity index (χ1) is 11.7. The van der Waals surface area contributed by atoms with Crippen molar-refractivity contribution in [2.75, 3.05) is 19.6 Å². The molecule has 2 amide bonds. The standard InChI is InChI=1S/C17H19ClF2N2O3/c1-11-6-15(23)22(8-11)13-7-17(19,20)10-21(9-13)16(24)25-14-4-2-12(18)3-5-14/h2-5,11,13H,6-10H2,1H3/t11-,13?/m1/s1. The predicted molar refractivity (Wildman–Crippen MR) is 87.9 cm³/mol. The number of carbonyl (C=O) groups excluding carboxylic acids is 2. The molecule has 0 bridgehead atoms. The summed E-state index contributed by atoms with van der Waals surface area (Å²) in [7, 11) is 0. The molecule has 5 nitrogen and oxygen atoms in total. The molecule has 0 aromatic heterocycles. The zero-order valence-electron chi connectivity index (χ0n) is 13.8. The van der Waals surface area contributed by atoms with Crippen LogP contribution in [0, 0.1) is 5.92 Å². The van der Waals surface area contributed by atoms with Gasteiger partial charge in [-0.2, -0.15) is 0 Å². The molecule has 0 radical (unpaired) electrons. The first kappa shape index (κ1) is 17.9. The molecule has 2 aliphatic rings. The second-order valence-corrected chi connectivity index (χ2v) is 7.21. The number of hydrogen-bond donors (Lipinski definition) is 0. The first-order valence-corrected chi connectivity index (χ1v) is 8.51. The van der Waals surface area contributed by atoms with Gasteiger partial charge in [0.25, 0.3) is 5.92 Å². The maximum atomic E-state index is 14.1. The van der Waals surface area contributed by atoms with E-state index in [0.717, 1.165) is 4.90 Å². The molecule has 2 aliphatic heterocycles. The largest absolute Gasteiger partial charge is 0.415 e. The highest BCUT2D eigenvalue weighted by Gasteiger charge is 2.46. The molecule has 136 valence electrons. The number of alkyl halides is 2. The zero-order chi connectivity index (χ0) is 18.2. The number of ether oxygens (including phenoxy) is 1. The maximum absolute atomic E-state index is 14.1. The van der Waals surface area contributed by atoms with Crippen molar-refractivity contribution in [1.82, 2.24) is 9.80 Å². The van der Waals surface area contributed by atoms with Gasteiger partial charge in [-0.1, -0.05) is 18.5 Å². The van der Waals surface area contributed by atoms with E-state index < -0.39 is 31.0 Å². The SMILES string of the molecule is C[C@@H]1CC(=O)N(C2CN(C(=O)Oc3ccc(Cl)cc3)CC(F)(F)C2)C1. The molecule has 2 saturated heterocycles. The van der Waals surface area contributed by atoms with Gasteiger partial charge in [0.1, 0.15) is 5.75 Å².